The van der Waals surface area contributed by atoms with Crippen LogP contribution in [0.5, 0.6) is 11.5 Å². The summed E-state index contributed by atoms with van der Waals surface area (Å²) >= 11 is 0. The van der Waals surface area contributed by atoms with Gasteiger partial charge < -0.3 is 23.9 Å². The largest absolute Gasteiger partial charge is 0.493 e. The van der Waals surface area contributed by atoms with E-state index in [4.69, 9.17) is 18.6 Å². The van der Waals surface area contributed by atoms with Crippen LogP contribution in [0.15, 0.2) is 64.6 Å². The SMILES string of the molecule is COc1ccc(C2=NN(CCc3ccc(NC(=O)c4cnco4)cc3)C(=O)OC2)cc1OC. The second kappa shape index (κ2) is 9.86. The fourth-order valence-electron chi connectivity index (χ4n) is 3.23. The number of anilines is 1. The van der Waals surface area contributed by atoms with Crippen molar-refractivity contribution in [1.82, 2.24) is 9.99 Å². The van der Waals surface area contributed by atoms with Gasteiger partial charge in [0.1, 0.15) is 12.3 Å². The van der Waals surface area contributed by atoms with E-state index < -0.39 is 6.09 Å². The van der Waals surface area contributed by atoms with E-state index in [1.54, 1.807) is 38.5 Å². The quantitative estimate of drug-likeness (QED) is 0.560. The Morgan fingerprint density at radius 2 is 1.91 bits per heavy atom. The zero-order valence-electron chi connectivity index (χ0n) is 18.1. The van der Waals surface area contributed by atoms with Gasteiger partial charge in [0.15, 0.2) is 17.9 Å². The lowest BCUT2D eigenvalue weighted by molar-refractivity contribution is 0.0996. The molecule has 0 fully saturated rings. The zero-order chi connectivity index (χ0) is 23.2. The fraction of sp³-hybridized carbons (Fsp3) is 0.217. The van der Waals surface area contributed by atoms with Crippen molar-refractivity contribution in [2.45, 2.75) is 6.42 Å². The molecule has 0 bridgehead atoms. The molecule has 0 unspecified atom stereocenters. The van der Waals surface area contributed by atoms with Crippen molar-refractivity contribution in [3.63, 3.8) is 0 Å². The van der Waals surface area contributed by atoms with Gasteiger partial charge in [-0.25, -0.2) is 9.78 Å². The highest BCUT2D eigenvalue weighted by Crippen LogP contribution is 2.28. The Bertz CT molecular complexity index is 1160. The molecular weight excluding hydrogens is 428 g/mol. The normalized spacial score (nSPS) is 13.2. The molecule has 1 N–H and O–H groups in total. The molecule has 1 aliphatic rings. The number of hydrazone groups is 1. The van der Waals surface area contributed by atoms with Crippen LogP contribution < -0.4 is 14.8 Å². The summed E-state index contributed by atoms with van der Waals surface area (Å²) in [6.45, 7) is 0.407. The number of aromatic nitrogens is 1. The van der Waals surface area contributed by atoms with Crippen LogP contribution in [-0.2, 0) is 11.2 Å². The number of hydrogen-bond donors (Lipinski definition) is 1. The number of cyclic esters (lactones) is 1. The number of ether oxygens (including phenoxy) is 3. The molecule has 10 heteroatoms. The summed E-state index contributed by atoms with van der Waals surface area (Å²) in [7, 11) is 3.12. The summed E-state index contributed by atoms with van der Waals surface area (Å²) < 4.78 is 20.9. The summed E-state index contributed by atoms with van der Waals surface area (Å²) in [5, 5.41) is 8.50. The van der Waals surface area contributed by atoms with E-state index in [1.807, 2.05) is 18.2 Å². The van der Waals surface area contributed by atoms with Gasteiger partial charge in [0, 0.05) is 11.3 Å². The number of benzene rings is 2. The number of rotatable bonds is 8. The van der Waals surface area contributed by atoms with Crippen LogP contribution >= 0.6 is 0 Å². The lowest BCUT2D eigenvalue weighted by Crippen LogP contribution is -2.36. The maximum absolute atomic E-state index is 12.2. The molecule has 0 spiro atoms. The molecule has 2 heterocycles. The molecule has 0 aliphatic carbocycles. The molecule has 10 nitrogen and oxygen atoms in total. The fourth-order valence-corrected chi connectivity index (χ4v) is 3.23. The molecule has 2 amide bonds. The van der Waals surface area contributed by atoms with Crippen LogP contribution in [0.1, 0.15) is 21.7 Å². The topological polar surface area (TPSA) is 115 Å². The first kappa shape index (κ1) is 21.9. The van der Waals surface area contributed by atoms with Crippen molar-refractivity contribution < 1.29 is 28.2 Å². The minimum absolute atomic E-state index is 0.0738. The highest BCUT2D eigenvalue weighted by Gasteiger charge is 2.23. The lowest BCUT2D eigenvalue weighted by Gasteiger charge is -2.24. The predicted molar refractivity (Wildman–Crippen MR) is 119 cm³/mol. The number of oxazole rings is 1. The van der Waals surface area contributed by atoms with Crippen LogP contribution in [0.4, 0.5) is 10.5 Å². The number of carbonyl (C=O) groups excluding carboxylic acids is 2. The van der Waals surface area contributed by atoms with E-state index in [9.17, 15) is 9.59 Å². The molecule has 0 atom stereocenters. The summed E-state index contributed by atoms with van der Waals surface area (Å²) in [5.74, 6) is 0.919. The molecule has 1 aromatic heterocycles. The predicted octanol–water partition coefficient (Wildman–Crippen LogP) is 3.34. The van der Waals surface area contributed by atoms with Crippen LogP contribution in [0, 0.1) is 0 Å². The van der Waals surface area contributed by atoms with Crippen molar-refractivity contribution in [3.8, 4) is 11.5 Å². The Morgan fingerprint density at radius 1 is 1.12 bits per heavy atom. The Labute approximate surface area is 189 Å². The second-order valence-electron chi connectivity index (χ2n) is 7.06. The zero-order valence-corrected chi connectivity index (χ0v) is 18.1. The number of nitrogens with one attached hydrogen (secondary N) is 1. The molecule has 2 aromatic carbocycles. The van der Waals surface area contributed by atoms with Crippen molar-refractivity contribution in [2.75, 3.05) is 32.7 Å². The third kappa shape index (κ3) is 5.12. The standard InChI is InChI=1S/C23H22N4O6/c1-30-19-8-5-16(11-20(19)31-2)18-13-32-23(29)27(26-18)10-9-15-3-6-17(7-4-15)25-22(28)21-12-24-14-33-21/h3-8,11-12,14H,9-10,13H2,1-2H3,(H,25,28). The van der Waals surface area contributed by atoms with Crippen LogP contribution in [-0.4, -0.2) is 55.1 Å². The summed E-state index contributed by atoms with van der Waals surface area (Å²) in [4.78, 5) is 27.9. The summed E-state index contributed by atoms with van der Waals surface area (Å²) in [6, 6.07) is 12.7. The van der Waals surface area contributed by atoms with Crippen molar-refractivity contribution in [1.29, 1.82) is 0 Å². The van der Waals surface area contributed by atoms with E-state index >= 15 is 0 Å². The van der Waals surface area contributed by atoms with Crippen LogP contribution in [0.2, 0.25) is 0 Å². The average Bonchev–Trinajstić information content (AvgIpc) is 3.39. The molecular formula is C23H22N4O6. The number of carbonyl (C=O) groups is 2. The molecule has 0 radical (unpaired) electrons. The number of hydrogen-bond acceptors (Lipinski definition) is 8. The maximum atomic E-state index is 12.2. The minimum Gasteiger partial charge on any atom is -0.493 e. The third-order valence-corrected chi connectivity index (χ3v) is 4.98. The Kier molecular flexibility index (Phi) is 6.53. The van der Waals surface area contributed by atoms with Crippen LogP contribution in [0.3, 0.4) is 0 Å². The number of amides is 2. The highest BCUT2D eigenvalue weighted by atomic mass is 16.6. The first-order valence-electron chi connectivity index (χ1n) is 10.1. The minimum atomic E-state index is -0.504. The number of nitrogens with zero attached hydrogens (tertiary/aromatic N) is 3. The van der Waals surface area contributed by atoms with Gasteiger partial charge in [-0.2, -0.15) is 10.1 Å². The van der Waals surface area contributed by atoms with Gasteiger partial charge in [0.05, 0.1) is 27.0 Å². The Balaban J connectivity index is 1.40. The first-order valence-corrected chi connectivity index (χ1v) is 10.1. The van der Waals surface area contributed by atoms with E-state index in [0.29, 0.717) is 35.9 Å². The maximum Gasteiger partial charge on any atom is 0.430 e. The van der Waals surface area contributed by atoms with Gasteiger partial charge >= 0.3 is 6.09 Å². The van der Waals surface area contributed by atoms with Crippen molar-refractivity contribution in [3.05, 3.63) is 71.9 Å². The molecule has 1 aliphatic heterocycles. The lowest BCUT2D eigenvalue weighted by atomic mass is 10.1. The average molecular weight is 450 g/mol. The first-order chi connectivity index (χ1) is 16.1. The van der Waals surface area contributed by atoms with Crippen molar-refractivity contribution in [2.24, 2.45) is 5.10 Å². The van der Waals surface area contributed by atoms with Gasteiger partial charge in [-0.3, -0.25) is 4.79 Å². The monoisotopic (exact) mass is 450 g/mol. The van der Waals surface area contributed by atoms with Gasteiger partial charge in [-0.05, 0) is 42.3 Å². The highest BCUT2D eigenvalue weighted by molar-refractivity contribution is 6.04. The molecule has 0 saturated carbocycles. The van der Waals surface area contributed by atoms with E-state index in [0.717, 1.165) is 11.1 Å². The Hall–Kier alpha value is -4.34. The van der Waals surface area contributed by atoms with Gasteiger partial charge in [-0.1, -0.05) is 12.1 Å². The second-order valence-corrected chi connectivity index (χ2v) is 7.06. The smallest absolute Gasteiger partial charge is 0.430 e. The van der Waals surface area contributed by atoms with E-state index in [1.165, 1.54) is 17.6 Å². The van der Waals surface area contributed by atoms with Gasteiger partial charge in [-0.15, -0.1) is 0 Å². The third-order valence-electron chi connectivity index (χ3n) is 4.98. The van der Waals surface area contributed by atoms with Crippen molar-refractivity contribution >= 4 is 23.4 Å². The molecule has 4 rings (SSSR count). The van der Waals surface area contributed by atoms with Crippen LogP contribution in [0.25, 0.3) is 0 Å². The Morgan fingerprint density at radius 3 is 2.61 bits per heavy atom. The molecule has 0 saturated heterocycles. The van der Waals surface area contributed by atoms with Gasteiger partial charge in [0.25, 0.3) is 5.91 Å². The van der Waals surface area contributed by atoms with E-state index in [-0.39, 0.29) is 18.3 Å². The van der Waals surface area contributed by atoms with E-state index in [2.05, 4.69) is 15.4 Å². The molecule has 33 heavy (non-hydrogen) atoms. The molecule has 3 aromatic rings. The summed E-state index contributed by atoms with van der Waals surface area (Å²) in [6.07, 6.45) is 2.59. The summed E-state index contributed by atoms with van der Waals surface area (Å²) in [5.41, 5.74) is 2.97. The van der Waals surface area contributed by atoms with Gasteiger partial charge in [0.2, 0.25) is 5.76 Å². The molecule has 170 valence electrons. The number of methoxy groups -OCH3 is 2.